The molecule has 4 heteroatoms. The third-order valence-corrected chi connectivity index (χ3v) is 4.37. The molecule has 0 aliphatic heterocycles. The number of carbonyl (C=O) groups excluding carboxylic acids is 1. The zero-order chi connectivity index (χ0) is 13.0. The lowest BCUT2D eigenvalue weighted by Crippen LogP contribution is -2.02. The number of benzene rings is 2. The first-order valence-corrected chi connectivity index (χ1v) is 7.11. The second-order valence-electron chi connectivity index (χ2n) is 3.65. The number of carbonyl (C=O) groups is 1. The third kappa shape index (κ3) is 3.43. The number of hydrogen-bond donors (Lipinski definition) is 0. The predicted octanol–water partition coefficient (Wildman–Crippen LogP) is 4.56. The average Bonchev–Trinajstić information content (AvgIpc) is 2.37. The number of halogens is 2. The minimum absolute atomic E-state index is 0.0738. The van der Waals surface area contributed by atoms with Crippen molar-refractivity contribution in [3.63, 3.8) is 0 Å². The van der Waals surface area contributed by atoms with E-state index < -0.39 is 0 Å². The van der Waals surface area contributed by atoms with Gasteiger partial charge in [0.1, 0.15) is 5.82 Å². The molecule has 0 atom stereocenters. The standard InChI is InChI=1S/C14H10BrFOS/c15-12-6-1-2-7-14(12)18-9-13(17)10-4-3-5-11(16)8-10/h1-8H,9H2. The van der Waals surface area contributed by atoms with E-state index in [1.807, 2.05) is 24.3 Å². The minimum Gasteiger partial charge on any atom is -0.293 e. The average molecular weight is 325 g/mol. The van der Waals surface area contributed by atoms with E-state index in [9.17, 15) is 9.18 Å². The van der Waals surface area contributed by atoms with Gasteiger partial charge in [-0.2, -0.15) is 0 Å². The SMILES string of the molecule is O=C(CSc1ccccc1Br)c1cccc(F)c1. The first kappa shape index (κ1) is 13.3. The van der Waals surface area contributed by atoms with Crippen LogP contribution in [0.1, 0.15) is 10.4 Å². The van der Waals surface area contributed by atoms with Gasteiger partial charge < -0.3 is 0 Å². The van der Waals surface area contributed by atoms with Crippen molar-refractivity contribution < 1.29 is 9.18 Å². The molecule has 2 aromatic carbocycles. The van der Waals surface area contributed by atoms with Gasteiger partial charge >= 0.3 is 0 Å². The summed E-state index contributed by atoms with van der Waals surface area (Å²) in [6.45, 7) is 0. The van der Waals surface area contributed by atoms with Gasteiger partial charge in [0, 0.05) is 14.9 Å². The van der Waals surface area contributed by atoms with Crippen molar-refractivity contribution in [2.24, 2.45) is 0 Å². The fourth-order valence-electron chi connectivity index (χ4n) is 1.45. The topological polar surface area (TPSA) is 17.1 Å². The van der Waals surface area contributed by atoms with E-state index in [1.165, 1.54) is 23.9 Å². The van der Waals surface area contributed by atoms with Crippen LogP contribution in [0.2, 0.25) is 0 Å². The molecule has 0 N–H and O–H groups in total. The van der Waals surface area contributed by atoms with Crippen molar-refractivity contribution >= 4 is 33.5 Å². The van der Waals surface area contributed by atoms with Gasteiger partial charge in [-0.15, -0.1) is 11.8 Å². The van der Waals surface area contributed by atoms with Crippen LogP contribution < -0.4 is 0 Å². The van der Waals surface area contributed by atoms with Gasteiger partial charge in [-0.25, -0.2) is 4.39 Å². The lowest BCUT2D eigenvalue weighted by Gasteiger charge is -2.03. The molecule has 0 unspecified atom stereocenters. The molecule has 1 nitrogen and oxygen atoms in total. The number of Topliss-reactive ketones (excluding diaryl/α,β-unsaturated/α-hetero) is 1. The Hall–Kier alpha value is -1.13. The summed E-state index contributed by atoms with van der Waals surface area (Å²) in [7, 11) is 0. The van der Waals surface area contributed by atoms with Crippen LogP contribution in [-0.4, -0.2) is 11.5 Å². The van der Waals surface area contributed by atoms with Gasteiger partial charge in [0.2, 0.25) is 0 Å². The van der Waals surface area contributed by atoms with Gasteiger partial charge in [0.15, 0.2) is 5.78 Å². The summed E-state index contributed by atoms with van der Waals surface area (Å²) in [4.78, 5) is 12.9. The number of ketones is 1. The molecule has 0 saturated heterocycles. The highest BCUT2D eigenvalue weighted by Crippen LogP contribution is 2.27. The molecular weight excluding hydrogens is 315 g/mol. The molecule has 0 radical (unpaired) electrons. The second-order valence-corrected chi connectivity index (χ2v) is 5.52. The largest absolute Gasteiger partial charge is 0.293 e. The molecule has 0 heterocycles. The molecular formula is C14H10BrFOS. The fourth-order valence-corrected chi connectivity index (χ4v) is 2.91. The molecule has 0 aromatic heterocycles. The highest BCUT2D eigenvalue weighted by molar-refractivity contribution is 9.10. The second kappa shape index (κ2) is 6.16. The molecule has 92 valence electrons. The monoisotopic (exact) mass is 324 g/mol. The Labute approximate surface area is 118 Å². The Morgan fingerprint density at radius 2 is 1.94 bits per heavy atom. The Kier molecular flexibility index (Phi) is 4.55. The van der Waals surface area contributed by atoms with E-state index in [1.54, 1.807) is 12.1 Å². The van der Waals surface area contributed by atoms with Crippen molar-refractivity contribution in [2.75, 3.05) is 5.75 Å². The van der Waals surface area contributed by atoms with Gasteiger partial charge in [-0.1, -0.05) is 24.3 Å². The lowest BCUT2D eigenvalue weighted by atomic mass is 10.1. The number of hydrogen-bond acceptors (Lipinski definition) is 2. The maximum atomic E-state index is 13.0. The third-order valence-electron chi connectivity index (χ3n) is 2.34. The van der Waals surface area contributed by atoms with Crippen LogP contribution >= 0.6 is 27.7 Å². The van der Waals surface area contributed by atoms with E-state index in [0.717, 1.165) is 9.37 Å². The van der Waals surface area contributed by atoms with Crippen LogP contribution in [0.15, 0.2) is 57.9 Å². The van der Waals surface area contributed by atoms with E-state index in [0.29, 0.717) is 11.3 Å². The van der Waals surface area contributed by atoms with E-state index in [-0.39, 0.29) is 11.6 Å². The van der Waals surface area contributed by atoms with E-state index in [2.05, 4.69) is 15.9 Å². The van der Waals surface area contributed by atoms with Gasteiger partial charge in [0.25, 0.3) is 0 Å². The van der Waals surface area contributed by atoms with Gasteiger partial charge in [-0.3, -0.25) is 4.79 Å². The Bertz CT molecular complexity index is 571. The first-order chi connectivity index (χ1) is 8.66. The molecule has 0 aliphatic rings. The van der Waals surface area contributed by atoms with Gasteiger partial charge in [0.05, 0.1) is 5.75 Å². The van der Waals surface area contributed by atoms with Crippen LogP contribution in [0.3, 0.4) is 0 Å². The molecule has 0 bridgehead atoms. The van der Waals surface area contributed by atoms with Crippen molar-refractivity contribution in [1.82, 2.24) is 0 Å². The molecule has 18 heavy (non-hydrogen) atoms. The molecule has 0 saturated carbocycles. The van der Waals surface area contributed by atoms with Crippen LogP contribution in [0, 0.1) is 5.82 Å². The molecule has 0 aliphatic carbocycles. The highest BCUT2D eigenvalue weighted by atomic mass is 79.9. The first-order valence-electron chi connectivity index (χ1n) is 5.33. The molecule has 0 spiro atoms. The minimum atomic E-state index is -0.383. The van der Waals surface area contributed by atoms with Crippen molar-refractivity contribution in [2.45, 2.75) is 4.90 Å². The Morgan fingerprint density at radius 3 is 2.67 bits per heavy atom. The van der Waals surface area contributed by atoms with Crippen molar-refractivity contribution in [3.8, 4) is 0 Å². The van der Waals surface area contributed by atoms with Crippen LogP contribution in [-0.2, 0) is 0 Å². The fraction of sp³-hybridized carbons (Fsp3) is 0.0714. The molecule has 0 fully saturated rings. The van der Waals surface area contributed by atoms with Crippen molar-refractivity contribution in [3.05, 3.63) is 64.4 Å². The number of thioether (sulfide) groups is 1. The smallest absolute Gasteiger partial charge is 0.173 e. The molecule has 2 rings (SSSR count). The van der Waals surface area contributed by atoms with Crippen molar-refractivity contribution in [1.29, 1.82) is 0 Å². The predicted molar refractivity (Wildman–Crippen MR) is 75.6 cm³/mol. The van der Waals surface area contributed by atoms with E-state index >= 15 is 0 Å². The normalized spacial score (nSPS) is 10.3. The Balaban J connectivity index is 2.03. The van der Waals surface area contributed by atoms with Crippen LogP contribution in [0.5, 0.6) is 0 Å². The highest BCUT2D eigenvalue weighted by Gasteiger charge is 2.08. The molecule has 2 aromatic rings. The summed E-state index contributed by atoms with van der Waals surface area (Å²) in [5.41, 5.74) is 0.412. The summed E-state index contributed by atoms with van der Waals surface area (Å²) in [5, 5.41) is 0. The molecule has 0 amide bonds. The summed E-state index contributed by atoms with van der Waals surface area (Å²) >= 11 is 4.86. The maximum Gasteiger partial charge on any atom is 0.173 e. The number of rotatable bonds is 4. The van der Waals surface area contributed by atoms with Crippen LogP contribution in [0.25, 0.3) is 0 Å². The van der Waals surface area contributed by atoms with E-state index in [4.69, 9.17) is 0 Å². The lowest BCUT2D eigenvalue weighted by molar-refractivity contribution is 0.102. The maximum absolute atomic E-state index is 13.0. The van der Waals surface area contributed by atoms with Gasteiger partial charge in [-0.05, 0) is 40.2 Å². The summed E-state index contributed by atoms with van der Waals surface area (Å²) < 4.78 is 13.9. The Morgan fingerprint density at radius 1 is 1.17 bits per heavy atom. The quantitative estimate of drug-likeness (QED) is 0.605. The zero-order valence-corrected chi connectivity index (χ0v) is 11.8. The van der Waals surface area contributed by atoms with Crippen LogP contribution in [0.4, 0.5) is 4.39 Å². The zero-order valence-electron chi connectivity index (χ0n) is 9.40. The summed E-state index contributed by atoms with van der Waals surface area (Å²) in [6, 6.07) is 13.5. The summed E-state index contributed by atoms with van der Waals surface area (Å²) in [6.07, 6.45) is 0. The summed E-state index contributed by atoms with van der Waals surface area (Å²) in [5.74, 6) is -0.159.